The van der Waals surface area contributed by atoms with Gasteiger partial charge in [0.25, 0.3) is 0 Å². The maximum Gasteiger partial charge on any atom is 0.0135 e. The van der Waals surface area contributed by atoms with Gasteiger partial charge in [0.1, 0.15) is 0 Å². The van der Waals surface area contributed by atoms with Gasteiger partial charge in [-0.05, 0) is 75.3 Å². The SMILES string of the molecule is CCC1CCC(CN)C(N(C)CC2CC3CCC2C3)C1. The first kappa shape index (κ1) is 14.8. The summed E-state index contributed by atoms with van der Waals surface area (Å²) in [5.41, 5.74) is 6.06. The molecule has 2 bridgehead atoms. The van der Waals surface area contributed by atoms with Crippen molar-refractivity contribution in [3.63, 3.8) is 0 Å². The number of fused-ring (bicyclic) bond motifs is 2. The molecule has 3 fully saturated rings. The molecule has 20 heavy (non-hydrogen) atoms. The first-order chi connectivity index (χ1) is 9.71. The van der Waals surface area contributed by atoms with Crippen molar-refractivity contribution in [3.05, 3.63) is 0 Å². The van der Waals surface area contributed by atoms with Gasteiger partial charge in [0, 0.05) is 12.6 Å². The number of nitrogens with zero attached hydrogens (tertiary/aromatic N) is 1. The summed E-state index contributed by atoms with van der Waals surface area (Å²) in [6, 6.07) is 0.762. The fraction of sp³-hybridized carbons (Fsp3) is 1.00. The Morgan fingerprint density at radius 2 is 1.85 bits per heavy atom. The fourth-order valence-electron chi connectivity index (χ4n) is 5.58. The highest BCUT2D eigenvalue weighted by Gasteiger charge is 2.41. The summed E-state index contributed by atoms with van der Waals surface area (Å²) in [6.07, 6.45) is 11.6. The maximum absolute atomic E-state index is 6.06. The van der Waals surface area contributed by atoms with Crippen LogP contribution in [0.25, 0.3) is 0 Å². The lowest BCUT2D eigenvalue weighted by atomic mass is 9.76. The normalized spacial score (nSPS) is 44.4. The highest BCUT2D eigenvalue weighted by molar-refractivity contribution is 4.93. The summed E-state index contributed by atoms with van der Waals surface area (Å²) < 4.78 is 0. The fourth-order valence-corrected chi connectivity index (χ4v) is 5.58. The van der Waals surface area contributed by atoms with Crippen molar-refractivity contribution < 1.29 is 0 Å². The second-order valence-corrected chi connectivity index (χ2v) is 8.02. The minimum Gasteiger partial charge on any atom is -0.330 e. The third-order valence-corrected chi connectivity index (χ3v) is 6.92. The van der Waals surface area contributed by atoms with E-state index in [9.17, 15) is 0 Å². The molecule has 0 spiro atoms. The molecule has 0 heterocycles. The largest absolute Gasteiger partial charge is 0.330 e. The van der Waals surface area contributed by atoms with E-state index in [1.165, 1.54) is 51.5 Å². The van der Waals surface area contributed by atoms with E-state index >= 15 is 0 Å². The molecular weight excluding hydrogens is 244 g/mol. The standard InChI is InChI=1S/C18H34N2/c1-3-13-4-7-16(11-19)18(10-13)20(2)12-17-9-14-5-6-15(17)8-14/h13-18H,3-12,19H2,1-2H3. The van der Waals surface area contributed by atoms with Crippen LogP contribution in [-0.2, 0) is 0 Å². The minimum absolute atomic E-state index is 0.751. The smallest absolute Gasteiger partial charge is 0.0135 e. The van der Waals surface area contributed by atoms with Gasteiger partial charge < -0.3 is 10.6 Å². The first-order valence-electron chi connectivity index (χ1n) is 9.11. The Kier molecular flexibility index (Phi) is 4.72. The van der Waals surface area contributed by atoms with Gasteiger partial charge in [0.15, 0.2) is 0 Å². The molecule has 3 aliphatic rings. The second kappa shape index (κ2) is 6.36. The zero-order valence-electron chi connectivity index (χ0n) is 13.6. The molecule has 6 unspecified atom stereocenters. The number of hydrogen-bond acceptors (Lipinski definition) is 2. The first-order valence-corrected chi connectivity index (χ1v) is 9.11. The lowest BCUT2D eigenvalue weighted by Crippen LogP contribution is -2.47. The Balaban J connectivity index is 1.57. The van der Waals surface area contributed by atoms with Crippen LogP contribution in [0.5, 0.6) is 0 Å². The quantitative estimate of drug-likeness (QED) is 0.834. The van der Waals surface area contributed by atoms with Crippen LogP contribution in [0.1, 0.15) is 58.3 Å². The molecule has 0 radical (unpaired) electrons. The molecular formula is C18H34N2. The predicted octanol–water partition coefficient (Wildman–Crippen LogP) is 3.51. The molecule has 0 saturated heterocycles. The van der Waals surface area contributed by atoms with E-state index in [1.54, 1.807) is 6.42 Å². The molecule has 3 saturated carbocycles. The van der Waals surface area contributed by atoms with E-state index in [4.69, 9.17) is 5.73 Å². The molecule has 2 nitrogen and oxygen atoms in total. The van der Waals surface area contributed by atoms with Gasteiger partial charge in [-0.15, -0.1) is 0 Å². The van der Waals surface area contributed by atoms with Crippen molar-refractivity contribution in [2.75, 3.05) is 20.1 Å². The lowest BCUT2D eigenvalue weighted by Gasteiger charge is -2.42. The van der Waals surface area contributed by atoms with Crippen molar-refractivity contribution in [2.45, 2.75) is 64.3 Å². The Labute approximate surface area is 125 Å². The van der Waals surface area contributed by atoms with Crippen LogP contribution in [0, 0.1) is 29.6 Å². The summed E-state index contributed by atoms with van der Waals surface area (Å²) in [5, 5.41) is 0. The van der Waals surface area contributed by atoms with Gasteiger partial charge in [-0.3, -0.25) is 0 Å². The van der Waals surface area contributed by atoms with Crippen LogP contribution in [-0.4, -0.2) is 31.1 Å². The summed E-state index contributed by atoms with van der Waals surface area (Å²) in [4.78, 5) is 2.71. The highest BCUT2D eigenvalue weighted by Crippen LogP contribution is 2.48. The summed E-state index contributed by atoms with van der Waals surface area (Å²) >= 11 is 0. The van der Waals surface area contributed by atoms with E-state index in [2.05, 4.69) is 18.9 Å². The van der Waals surface area contributed by atoms with Crippen LogP contribution in [0.2, 0.25) is 0 Å². The number of hydrogen-bond donors (Lipinski definition) is 1. The number of nitrogens with two attached hydrogens (primary N) is 1. The molecule has 2 heteroatoms. The molecule has 6 atom stereocenters. The minimum atomic E-state index is 0.751. The van der Waals surface area contributed by atoms with E-state index in [0.717, 1.165) is 42.2 Å². The van der Waals surface area contributed by atoms with Gasteiger partial charge in [0.2, 0.25) is 0 Å². The van der Waals surface area contributed by atoms with Crippen LogP contribution >= 0.6 is 0 Å². The van der Waals surface area contributed by atoms with Crippen LogP contribution < -0.4 is 5.73 Å². The Bertz CT molecular complexity index is 317. The van der Waals surface area contributed by atoms with E-state index in [1.807, 2.05) is 0 Å². The van der Waals surface area contributed by atoms with Crippen molar-refractivity contribution in [3.8, 4) is 0 Å². The molecule has 0 aromatic rings. The molecule has 2 N–H and O–H groups in total. The molecule has 116 valence electrons. The molecule has 3 aliphatic carbocycles. The van der Waals surface area contributed by atoms with Gasteiger partial charge in [-0.25, -0.2) is 0 Å². The summed E-state index contributed by atoms with van der Waals surface area (Å²) in [6.45, 7) is 4.60. The topological polar surface area (TPSA) is 29.3 Å². The third kappa shape index (κ3) is 2.92. The van der Waals surface area contributed by atoms with Gasteiger partial charge in [0.05, 0.1) is 0 Å². The van der Waals surface area contributed by atoms with Crippen molar-refractivity contribution in [2.24, 2.45) is 35.3 Å². The third-order valence-electron chi connectivity index (χ3n) is 6.92. The van der Waals surface area contributed by atoms with Crippen molar-refractivity contribution in [1.29, 1.82) is 0 Å². The monoisotopic (exact) mass is 278 g/mol. The van der Waals surface area contributed by atoms with E-state index in [-0.39, 0.29) is 0 Å². The average molecular weight is 278 g/mol. The highest BCUT2D eigenvalue weighted by atomic mass is 15.1. The van der Waals surface area contributed by atoms with Crippen LogP contribution in [0.15, 0.2) is 0 Å². The summed E-state index contributed by atoms with van der Waals surface area (Å²) in [5.74, 6) is 4.84. The zero-order valence-corrected chi connectivity index (χ0v) is 13.6. The Morgan fingerprint density at radius 3 is 2.45 bits per heavy atom. The average Bonchev–Trinajstić information content (AvgIpc) is 3.09. The molecule has 0 amide bonds. The van der Waals surface area contributed by atoms with Crippen molar-refractivity contribution >= 4 is 0 Å². The molecule has 0 aromatic carbocycles. The Hall–Kier alpha value is -0.0800. The van der Waals surface area contributed by atoms with Gasteiger partial charge >= 0.3 is 0 Å². The molecule has 0 aliphatic heterocycles. The van der Waals surface area contributed by atoms with Crippen molar-refractivity contribution in [1.82, 2.24) is 4.90 Å². The molecule has 0 aromatic heterocycles. The van der Waals surface area contributed by atoms with Crippen LogP contribution in [0.4, 0.5) is 0 Å². The zero-order chi connectivity index (χ0) is 14.1. The van der Waals surface area contributed by atoms with Crippen LogP contribution in [0.3, 0.4) is 0 Å². The van der Waals surface area contributed by atoms with Gasteiger partial charge in [-0.1, -0.05) is 26.2 Å². The second-order valence-electron chi connectivity index (χ2n) is 8.02. The molecule has 3 rings (SSSR count). The predicted molar refractivity (Wildman–Crippen MR) is 85.5 cm³/mol. The Morgan fingerprint density at radius 1 is 1.00 bits per heavy atom. The number of rotatable bonds is 5. The lowest BCUT2D eigenvalue weighted by molar-refractivity contribution is 0.0794. The van der Waals surface area contributed by atoms with E-state index < -0.39 is 0 Å². The van der Waals surface area contributed by atoms with Gasteiger partial charge in [-0.2, -0.15) is 0 Å². The summed E-state index contributed by atoms with van der Waals surface area (Å²) in [7, 11) is 2.39. The van der Waals surface area contributed by atoms with E-state index in [0.29, 0.717) is 0 Å². The maximum atomic E-state index is 6.06.